The Kier molecular flexibility index (Phi) is 3.40. The molecule has 0 atom stereocenters. The van der Waals surface area contributed by atoms with Crippen molar-refractivity contribution in [3.63, 3.8) is 0 Å². The van der Waals surface area contributed by atoms with Crippen LogP contribution in [0.25, 0.3) is 11.2 Å². The van der Waals surface area contributed by atoms with Crippen LogP contribution in [0, 0.1) is 0 Å². The Bertz CT molecular complexity index is 856. The van der Waals surface area contributed by atoms with E-state index in [4.69, 9.17) is 0 Å². The summed E-state index contributed by atoms with van der Waals surface area (Å²) in [5, 5.41) is 9.72. The number of halogens is 3. The first-order chi connectivity index (χ1) is 10.7. The zero-order chi connectivity index (χ0) is 17.0. The second kappa shape index (κ2) is 4.95. The van der Waals surface area contributed by atoms with Crippen LogP contribution in [-0.2, 0) is 7.05 Å². The molecule has 1 saturated carbocycles. The summed E-state index contributed by atoms with van der Waals surface area (Å²) in [6, 6.07) is -0.553. The quantitative estimate of drug-likeness (QED) is 0.809. The Morgan fingerprint density at radius 3 is 2.52 bits per heavy atom. The molecular weight excluding hydrogens is 317 g/mol. The molecule has 3 rings (SSSR count). The lowest BCUT2D eigenvalue weighted by Gasteiger charge is -2.37. The van der Waals surface area contributed by atoms with Crippen molar-refractivity contribution in [3.05, 3.63) is 27.2 Å². The van der Waals surface area contributed by atoms with Gasteiger partial charge in [0.05, 0.1) is 6.33 Å². The Hall–Kier alpha value is -2.10. The molecule has 1 fully saturated rings. The first kappa shape index (κ1) is 15.8. The van der Waals surface area contributed by atoms with E-state index in [0.29, 0.717) is 0 Å². The van der Waals surface area contributed by atoms with E-state index >= 15 is 0 Å². The number of imidazole rings is 1. The fraction of sp³-hybridized carbons (Fsp3) is 0.615. The Balaban J connectivity index is 2.03. The average molecular weight is 332 g/mol. The third-order valence-electron chi connectivity index (χ3n) is 4.53. The molecule has 0 spiro atoms. The van der Waals surface area contributed by atoms with Gasteiger partial charge in [-0.15, -0.1) is 0 Å². The minimum Gasteiger partial charge on any atom is -0.380 e. The fourth-order valence-electron chi connectivity index (χ4n) is 3.08. The summed E-state index contributed by atoms with van der Waals surface area (Å²) >= 11 is 0. The van der Waals surface area contributed by atoms with Gasteiger partial charge in [-0.1, -0.05) is 0 Å². The van der Waals surface area contributed by atoms with Gasteiger partial charge in [-0.25, -0.2) is 9.78 Å². The second-order valence-electron chi connectivity index (χ2n) is 5.88. The molecule has 2 N–H and O–H groups in total. The van der Waals surface area contributed by atoms with Crippen LogP contribution in [0.5, 0.6) is 0 Å². The van der Waals surface area contributed by atoms with Crippen molar-refractivity contribution in [1.29, 1.82) is 0 Å². The molecule has 23 heavy (non-hydrogen) atoms. The van der Waals surface area contributed by atoms with Gasteiger partial charge in [0.1, 0.15) is 5.52 Å². The van der Waals surface area contributed by atoms with Crippen molar-refractivity contribution in [3.8, 4) is 0 Å². The highest BCUT2D eigenvalue weighted by molar-refractivity contribution is 5.69. The molecular formula is C13H15F3N4O3. The van der Waals surface area contributed by atoms with E-state index in [1.54, 1.807) is 0 Å². The molecule has 1 aliphatic carbocycles. The van der Waals surface area contributed by atoms with Crippen molar-refractivity contribution < 1.29 is 18.3 Å². The maximum atomic E-state index is 12.9. The first-order valence-corrected chi connectivity index (χ1v) is 7.09. The molecule has 2 aromatic heterocycles. The maximum absolute atomic E-state index is 12.9. The SMILES string of the molecule is Cn1c(=O)c2[nH]cnc2n(C2CCC(O)(C(F)(F)F)CC2)c1=O. The minimum absolute atomic E-state index is 0.0317. The van der Waals surface area contributed by atoms with Crippen molar-refractivity contribution in [2.24, 2.45) is 7.05 Å². The van der Waals surface area contributed by atoms with Crippen molar-refractivity contribution in [2.75, 3.05) is 0 Å². The molecule has 0 radical (unpaired) electrons. The van der Waals surface area contributed by atoms with Gasteiger partial charge >= 0.3 is 11.9 Å². The smallest absolute Gasteiger partial charge is 0.380 e. The molecule has 0 unspecified atom stereocenters. The number of aliphatic hydroxyl groups is 1. The summed E-state index contributed by atoms with van der Waals surface area (Å²) in [6.07, 6.45) is -4.50. The fourth-order valence-corrected chi connectivity index (χ4v) is 3.08. The van der Waals surface area contributed by atoms with Crippen LogP contribution >= 0.6 is 0 Å². The van der Waals surface area contributed by atoms with Crippen LogP contribution in [0.15, 0.2) is 15.9 Å². The number of hydrogen-bond acceptors (Lipinski definition) is 4. The number of aromatic nitrogens is 4. The van der Waals surface area contributed by atoms with Crippen molar-refractivity contribution >= 4 is 11.2 Å². The number of rotatable bonds is 1. The Labute approximate surface area is 127 Å². The van der Waals surface area contributed by atoms with Gasteiger partial charge in [0.25, 0.3) is 5.56 Å². The number of nitrogens with zero attached hydrogens (tertiary/aromatic N) is 3. The zero-order valence-electron chi connectivity index (χ0n) is 12.2. The van der Waals surface area contributed by atoms with Crippen LogP contribution in [0.2, 0.25) is 0 Å². The van der Waals surface area contributed by atoms with Gasteiger partial charge in [-0.2, -0.15) is 13.2 Å². The summed E-state index contributed by atoms with van der Waals surface area (Å²) in [7, 11) is 1.30. The molecule has 126 valence electrons. The van der Waals surface area contributed by atoms with E-state index in [1.807, 2.05) is 0 Å². The first-order valence-electron chi connectivity index (χ1n) is 7.09. The van der Waals surface area contributed by atoms with Gasteiger partial charge < -0.3 is 10.1 Å². The highest BCUT2D eigenvalue weighted by Crippen LogP contribution is 2.44. The third-order valence-corrected chi connectivity index (χ3v) is 4.53. The van der Waals surface area contributed by atoms with E-state index in [0.717, 1.165) is 4.57 Å². The predicted octanol–water partition coefficient (Wildman–Crippen LogP) is 0.832. The van der Waals surface area contributed by atoms with Gasteiger partial charge in [-0.3, -0.25) is 13.9 Å². The largest absolute Gasteiger partial charge is 0.417 e. The maximum Gasteiger partial charge on any atom is 0.417 e. The topological polar surface area (TPSA) is 92.9 Å². The lowest BCUT2D eigenvalue weighted by Crippen LogP contribution is -2.49. The van der Waals surface area contributed by atoms with Gasteiger partial charge in [-0.05, 0) is 25.7 Å². The zero-order valence-corrected chi connectivity index (χ0v) is 12.2. The molecule has 1 aliphatic rings. The molecule has 2 heterocycles. The molecule has 0 aliphatic heterocycles. The molecule has 10 heteroatoms. The molecule has 2 aromatic rings. The van der Waals surface area contributed by atoms with Crippen LogP contribution in [0.1, 0.15) is 31.7 Å². The van der Waals surface area contributed by atoms with E-state index in [-0.39, 0.29) is 24.0 Å². The van der Waals surface area contributed by atoms with Crippen LogP contribution in [0.4, 0.5) is 13.2 Å². The molecule has 7 nitrogen and oxygen atoms in total. The summed E-state index contributed by atoms with van der Waals surface area (Å²) in [4.78, 5) is 30.9. The minimum atomic E-state index is -4.70. The molecule has 0 aromatic carbocycles. The standard InChI is InChI=1S/C13H15F3N4O3/c1-19-10(21)8-9(18-6-17-8)20(11(19)22)7-2-4-12(23,5-3-7)13(14,15)16/h6-7,23H,2-5H2,1H3,(H,17,18). The summed E-state index contributed by atoms with van der Waals surface area (Å²) in [5.74, 6) is 0. The number of H-pyrrole nitrogens is 1. The van der Waals surface area contributed by atoms with Gasteiger partial charge in [0.2, 0.25) is 0 Å². The lowest BCUT2D eigenvalue weighted by molar-refractivity contribution is -0.271. The van der Waals surface area contributed by atoms with Gasteiger partial charge in [0.15, 0.2) is 11.2 Å². The number of fused-ring (bicyclic) bond motifs is 1. The molecule has 0 saturated heterocycles. The molecule has 0 amide bonds. The second-order valence-corrected chi connectivity index (χ2v) is 5.88. The predicted molar refractivity (Wildman–Crippen MR) is 74.1 cm³/mol. The number of nitrogens with one attached hydrogen (secondary N) is 1. The number of aromatic amines is 1. The highest BCUT2D eigenvalue weighted by Gasteiger charge is 2.54. The summed E-state index contributed by atoms with van der Waals surface area (Å²) in [5.41, 5.74) is -3.64. The summed E-state index contributed by atoms with van der Waals surface area (Å²) < 4.78 is 40.8. The normalized spacial score (nSPS) is 25.9. The monoisotopic (exact) mass is 332 g/mol. The van der Waals surface area contributed by atoms with Crippen molar-refractivity contribution in [1.82, 2.24) is 19.1 Å². The van der Waals surface area contributed by atoms with Crippen LogP contribution in [-0.4, -0.2) is 36.0 Å². The van der Waals surface area contributed by atoms with E-state index in [2.05, 4.69) is 9.97 Å². The van der Waals surface area contributed by atoms with E-state index in [1.165, 1.54) is 17.9 Å². The Morgan fingerprint density at radius 2 is 1.96 bits per heavy atom. The summed E-state index contributed by atoms with van der Waals surface area (Å²) in [6.45, 7) is 0. The van der Waals surface area contributed by atoms with Gasteiger partial charge in [0, 0.05) is 13.1 Å². The van der Waals surface area contributed by atoms with E-state index < -0.39 is 41.9 Å². The average Bonchev–Trinajstić information content (AvgIpc) is 2.95. The Morgan fingerprint density at radius 1 is 1.35 bits per heavy atom. The van der Waals surface area contributed by atoms with Crippen LogP contribution < -0.4 is 11.2 Å². The molecule has 0 bridgehead atoms. The number of hydrogen-bond donors (Lipinski definition) is 2. The van der Waals surface area contributed by atoms with Crippen molar-refractivity contribution in [2.45, 2.75) is 43.5 Å². The third kappa shape index (κ3) is 2.28. The van der Waals surface area contributed by atoms with Crippen LogP contribution in [0.3, 0.4) is 0 Å². The lowest BCUT2D eigenvalue weighted by atomic mass is 9.81. The van der Waals surface area contributed by atoms with E-state index in [9.17, 15) is 27.9 Å². The number of alkyl halides is 3. The highest BCUT2D eigenvalue weighted by atomic mass is 19.4.